The standard InChI is InChI=1S/C8H13NO2/c1-2-3-4-5-6-7-8-9(10)11/h5-8H,2-4H2,1H3/b6-5+,8-7+. The van der Waals surface area contributed by atoms with Gasteiger partial charge in [0.25, 0.3) is 0 Å². The zero-order valence-electron chi connectivity index (χ0n) is 6.69. The highest BCUT2D eigenvalue weighted by Gasteiger charge is 1.79. The first kappa shape index (κ1) is 9.88. The largest absolute Gasteiger partial charge is 0.259 e. The van der Waals surface area contributed by atoms with E-state index in [0.717, 1.165) is 25.5 Å². The Morgan fingerprint density at radius 1 is 1.45 bits per heavy atom. The molecule has 0 heterocycles. The van der Waals surface area contributed by atoms with Gasteiger partial charge < -0.3 is 0 Å². The molecule has 0 aliphatic rings. The average Bonchev–Trinajstić information content (AvgIpc) is 1.96. The molecule has 0 aromatic carbocycles. The molecule has 0 fully saturated rings. The van der Waals surface area contributed by atoms with Crippen molar-refractivity contribution >= 4 is 0 Å². The third-order valence-electron chi connectivity index (χ3n) is 1.18. The third kappa shape index (κ3) is 8.88. The van der Waals surface area contributed by atoms with E-state index in [1.54, 1.807) is 6.08 Å². The van der Waals surface area contributed by atoms with Gasteiger partial charge in [-0.3, -0.25) is 10.1 Å². The maximum Gasteiger partial charge on any atom is 0.234 e. The zero-order chi connectivity index (χ0) is 8.53. The molecule has 0 spiro atoms. The molecule has 3 heteroatoms. The van der Waals surface area contributed by atoms with E-state index in [1.807, 2.05) is 6.08 Å². The summed E-state index contributed by atoms with van der Waals surface area (Å²) in [6.45, 7) is 2.11. The van der Waals surface area contributed by atoms with Crippen LogP contribution < -0.4 is 0 Å². The summed E-state index contributed by atoms with van der Waals surface area (Å²) in [6, 6.07) is 0. The number of hydrogen-bond donors (Lipinski definition) is 0. The molecule has 0 saturated carbocycles. The molecule has 0 aromatic heterocycles. The van der Waals surface area contributed by atoms with Crippen LogP contribution in [-0.4, -0.2) is 4.92 Å². The SMILES string of the molecule is CCCC/C=C/C=C/[N+](=O)[O-]. The van der Waals surface area contributed by atoms with Crippen molar-refractivity contribution in [1.29, 1.82) is 0 Å². The fourth-order valence-corrected chi connectivity index (χ4v) is 0.617. The highest BCUT2D eigenvalue weighted by Crippen LogP contribution is 1.94. The molecule has 0 atom stereocenters. The normalized spacial score (nSPS) is 11.4. The summed E-state index contributed by atoms with van der Waals surface area (Å²) in [5, 5.41) is 9.77. The third-order valence-corrected chi connectivity index (χ3v) is 1.18. The van der Waals surface area contributed by atoms with Crippen molar-refractivity contribution in [2.24, 2.45) is 0 Å². The molecule has 0 saturated heterocycles. The molecule has 3 nitrogen and oxygen atoms in total. The maximum atomic E-state index is 9.77. The molecular weight excluding hydrogens is 142 g/mol. The highest BCUT2D eigenvalue weighted by atomic mass is 16.6. The van der Waals surface area contributed by atoms with Crippen molar-refractivity contribution < 1.29 is 4.92 Å². The molecule has 62 valence electrons. The quantitative estimate of drug-likeness (QED) is 0.265. The predicted octanol–water partition coefficient (Wildman–Crippen LogP) is 2.52. The van der Waals surface area contributed by atoms with Crippen LogP contribution >= 0.6 is 0 Å². The van der Waals surface area contributed by atoms with Crippen molar-refractivity contribution in [3.63, 3.8) is 0 Å². The first-order valence-corrected chi connectivity index (χ1v) is 3.74. The molecule has 0 N–H and O–H groups in total. The minimum Gasteiger partial charge on any atom is -0.259 e. The van der Waals surface area contributed by atoms with E-state index >= 15 is 0 Å². The van der Waals surface area contributed by atoms with E-state index < -0.39 is 4.92 Å². The van der Waals surface area contributed by atoms with Crippen LogP contribution in [-0.2, 0) is 0 Å². The fourth-order valence-electron chi connectivity index (χ4n) is 0.617. The van der Waals surface area contributed by atoms with Gasteiger partial charge in [0.2, 0.25) is 6.20 Å². The molecule has 0 rings (SSSR count). The van der Waals surface area contributed by atoms with E-state index in [2.05, 4.69) is 6.92 Å². The van der Waals surface area contributed by atoms with Crippen molar-refractivity contribution in [1.82, 2.24) is 0 Å². The lowest BCUT2D eigenvalue weighted by Crippen LogP contribution is -1.80. The van der Waals surface area contributed by atoms with Gasteiger partial charge in [0.1, 0.15) is 0 Å². The van der Waals surface area contributed by atoms with Crippen LogP contribution in [0.3, 0.4) is 0 Å². The summed E-state index contributed by atoms with van der Waals surface area (Å²) < 4.78 is 0. The van der Waals surface area contributed by atoms with Crippen LogP contribution in [0.4, 0.5) is 0 Å². The second-order valence-electron chi connectivity index (χ2n) is 2.20. The van der Waals surface area contributed by atoms with E-state index in [4.69, 9.17) is 0 Å². The molecule has 0 unspecified atom stereocenters. The first-order chi connectivity index (χ1) is 5.27. The van der Waals surface area contributed by atoms with Gasteiger partial charge in [-0.25, -0.2) is 0 Å². The highest BCUT2D eigenvalue weighted by molar-refractivity contribution is 4.98. The number of allylic oxidation sites excluding steroid dienone is 3. The van der Waals surface area contributed by atoms with Crippen molar-refractivity contribution in [3.8, 4) is 0 Å². The van der Waals surface area contributed by atoms with Crippen LogP contribution in [0.2, 0.25) is 0 Å². The minimum atomic E-state index is -0.468. The Balaban J connectivity index is 3.36. The molecule has 0 aliphatic heterocycles. The van der Waals surface area contributed by atoms with E-state index in [0.29, 0.717) is 0 Å². The molecular formula is C8H13NO2. The van der Waals surface area contributed by atoms with Crippen molar-refractivity contribution in [2.75, 3.05) is 0 Å². The predicted molar refractivity (Wildman–Crippen MR) is 44.8 cm³/mol. The van der Waals surface area contributed by atoms with Crippen LogP contribution in [0.5, 0.6) is 0 Å². The number of nitro groups is 1. The molecule has 0 aromatic rings. The maximum absolute atomic E-state index is 9.77. The van der Waals surface area contributed by atoms with Crippen LogP contribution in [0.25, 0.3) is 0 Å². The van der Waals surface area contributed by atoms with Crippen LogP contribution in [0.15, 0.2) is 24.4 Å². The molecule has 0 amide bonds. The Bertz CT molecular complexity index is 161. The van der Waals surface area contributed by atoms with Gasteiger partial charge in [-0.1, -0.05) is 31.9 Å². The Morgan fingerprint density at radius 2 is 2.18 bits per heavy atom. The zero-order valence-corrected chi connectivity index (χ0v) is 6.69. The first-order valence-electron chi connectivity index (χ1n) is 3.74. The van der Waals surface area contributed by atoms with Crippen molar-refractivity contribution in [3.05, 3.63) is 34.5 Å². The van der Waals surface area contributed by atoms with Crippen molar-refractivity contribution in [2.45, 2.75) is 26.2 Å². The molecule has 0 aliphatic carbocycles. The average molecular weight is 155 g/mol. The minimum absolute atomic E-state index is 0.468. The van der Waals surface area contributed by atoms with Crippen LogP contribution in [0, 0.1) is 10.1 Å². The fraction of sp³-hybridized carbons (Fsp3) is 0.500. The Kier molecular flexibility index (Phi) is 6.28. The number of hydrogen-bond acceptors (Lipinski definition) is 2. The number of unbranched alkanes of at least 4 members (excludes halogenated alkanes) is 2. The topological polar surface area (TPSA) is 43.1 Å². The summed E-state index contributed by atoms with van der Waals surface area (Å²) >= 11 is 0. The van der Waals surface area contributed by atoms with Gasteiger partial charge in [-0.05, 0) is 6.42 Å². The second kappa shape index (κ2) is 6.99. The number of rotatable bonds is 5. The Morgan fingerprint density at radius 3 is 2.73 bits per heavy atom. The Labute approximate surface area is 66.6 Å². The molecule has 0 bridgehead atoms. The summed E-state index contributed by atoms with van der Waals surface area (Å²) in [6.07, 6.45) is 9.31. The lowest BCUT2D eigenvalue weighted by molar-refractivity contribution is -0.402. The van der Waals surface area contributed by atoms with Gasteiger partial charge in [0.15, 0.2) is 0 Å². The van der Waals surface area contributed by atoms with E-state index in [1.165, 1.54) is 6.08 Å². The van der Waals surface area contributed by atoms with Crippen LogP contribution in [0.1, 0.15) is 26.2 Å². The lowest BCUT2D eigenvalue weighted by Gasteiger charge is -1.84. The van der Waals surface area contributed by atoms with E-state index in [9.17, 15) is 10.1 Å². The summed E-state index contributed by atoms with van der Waals surface area (Å²) in [7, 11) is 0. The van der Waals surface area contributed by atoms with Gasteiger partial charge >= 0.3 is 0 Å². The summed E-state index contributed by atoms with van der Waals surface area (Å²) in [5.74, 6) is 0. The second-order valence-corrected chi connectivity index (χ2v) is 2.20. The molecule has 0 radical (unpaired) electrons. The molecule has 11 heavy (non-hydrogen) atoms. The van der Waals surface area contributed by atoms with Gasteiger partial charge in [0.05, 0.1) is 4.92 Å². The summed E-state index contributed by atoms with van der Waals surface area (Å²) in [5.41, 5.74) is 0. The van der Waals surface area contributed by atoms with Gasteiger partial charge in [-0.15, -0.1) is 0 Å². The Hall–Kier alpha value is -1.12. The van der Waals surface area contributed by atoms with E-state index in [-0.39, 0.29) is 0 Å². The van der Waals surface area contributed by atoms with Gasteiger partial charge in [0, 0.05) is 6.08 Å². The smallest absolute Gasteiger partial charge is 0.234 e. The number of nitrogens with zero attached hydrogens (tertiary/aromatic N) is 1. The monoisotopic (exact) mass is 155 g/mol. The van der Waals surface area contributed by atoms with Gasteiger partial charge in [-0.2, -0.15) is 0 Å². The summed E-state index contributed by atoms with van der Waals surface area (Å²) in [4.78, 5) is 9.30. The lowest BCUT2D eigenvalue weighted by atomic mass is 10.2.